The highest BCUT2D eigenvalue weighted by atomic mass is 79.9. The lowest BCUT2D eigenvalue weighted by atomic mass is 10.2. The number of Topliss-reactive ketones (excluding diaryl/α,β-unsaturated/α-hetero) is 1. The minimum Gasteiger partial charge on any atom is -0.328 e. The summed E-state index contributed by atoms with van der Waals surface area (Å²) >= 11 is 4.84. The number of nitrogens with zero attached hydrogens (tertiary/aromatic N) is 2. The van der Waals surface area contributed by atoms with Crippen molar-refractivity contribution in [2.24, 2.45) is 0 Å². The van der Waals surface area contributed by atoms with Crippen molar-refractivity contribution in [3.8, 4) is 0 Å². The van der Waals surface area contributed by atoms with Crippen LogP contribution in [0.2, 0.25) is 0 Å². The number of hydrogen-bond acceptors (Lipinski definition) is 3. The summed E-state index contributed by atoms with van der Waals surface area (Å²) in [5.74, 6) is 0.953. The lowest BCUT2D eigenvalue weighted by molar-refractivity contribution is 0.0994. The molecule has 102 valence electrons. The Morgan fingerprint density at radius 3 is 2.90 bits per heavy atom. The van der Waals surface area contributed by atoms with Gasteiger partial charge in [0.05, 0.1) is 22.3 Å². The molecule has 1 aromatic carbocycles. The fourth-order valence-electron chi connectivity index (χ4n) is 2.30. The summed E-state index contributed by atoms with van der Waals surface area (Å²) in [4.78, 5) is 17.7. The van der Waals surface area contributed by atoms with Crippen molar-refractivity contribution < 1.29 is 4.79 Å². The molecule has 0 unspecified atom stereocenters. The van der Waals surface area contributed by atoms with E-state index >= 15 is 0 Å². The molecule has 0 fully saturated rings. The third kappa shape index (κ3) is 2.43. The van der Waals surface area contributed by atoms with Crippen LogP contribution in [0.4, 0.5) is 0 Å². The lowest BCUT2D eigenvalue weighted by Crippen LogP contribution is -2.08. The first-order valence-corrected chi connectivity index (χ1v) is 8.07. The standard InChI is InChI=1S/C15H13BrN2OS/c1-2-18-12-6-4-3-5-11(12)17-15(18)8-13(19)14-7-10(16)9-20-14/h3-7,9H,2,8H2,1H3. The predicted molar refractivity (Wildman–Crippen MR) is 85.5 cm³/mol. The maximum atomic E-state index is 12.3. The molecule has 0 spiro atoms. The Balaban J connectivity index is 1.96. The first kappa shape index (κ1) is 13.5. The van der Waals surface area contributed by atoms with E-state index in [2.05, 4.69) is 32.4 Å². The average Bonchev–Trinajstić information content (AvgIpc) is 3.01. The zero-order valence-corrected chi connectivity index (χ0v) is 13.4. The molecule has 0 aliphatic carbocycles. The maximum Gasteiger partial charge on any atom is 0.180 e. The Morgan fingerprint density at radius 2 is 2.20 bits per heavy atom. The Hall–Kier alpha value is -1.46. The summed E-state index contributed by atoms with van der Waals surface area (Å²) in [5, 5.41) is 1.93. The molecule has 2 aromatic heterocycles. The molecule has 0 radical (unpaired) electrons. The van der Waals surface area contributed by atoms with Crippen LogP contribution in [-0.4, -0.2) is 15.3 Å². The normalized spacial score (nSPS) is 11.1. The topological polar surface area (TPSA) is 34.9 Å². The summed E-state index contributed by atoms with van der Waals surface area (Å²) in [7, 11) is 0. The van der Waals surface area contributed by atoms with E-state index in [-0.39, 0.29) is 5.78 Å². The van der Waals surface area contributed by atoms with Gasteiger partial charge >= 0.3 is 0 Å². The van der Waals surface area contributed by atoms with Gasteiger partial charge in [0.2, 0.25) is 0 Å². The zero-order chi connectivity index (χ0) is 14.1. The number of aryl methyl sites for hydroxylation is 1. The van der Waals surface area contributed by atoms with E-state index in [9.17, 15) is 4.79 Å². The van der Waals surface area contributed by atoms with Crippen LogP contribution in [-0.2, 0) is 13.0 Å². The lowest BCUT2D eigenvalue weighted by Gasteiger charge is -2.04. The Kier molecular flexibility index (Phi) is 3.72. The number of para-hydroxylation sites is 2. The van der Waals surface area contributed by atoms with Crippen molar-refractivity contribution in [1.29, 1.82) is 0 Å². The van der Waals surface area contributed by atoms with Gasteiger partial charge in [0.15, 0.2) is 5.78 Å². The highest BCUT2D eigenvalue weighted by molar-refractivity contribution is 9.10. The van der Waals surface area contributed by atoms with Crippen LogP contribution in [0.3, 0.4) is 0 Å². The molecular weight excluding hydrogens is 336 g/mol. The molecule has 0 aliphatic rings. The van der Waals surface area contributed by atoms with Gasteiger partial charge in [-0.1, -0.05) is 12.1 Å². The number of aromatic nitrogens is 2. The molecule has 5 heteroatoms. The van der Waals surface area contributed by atoms with Crippen molar-refractivity contribution >= 4 is 44.1 Å². The molecule has 3 nitrogen and oxygen atoms in total. The summed E-state index contributed by atoms with van der Waals surface area (Å²) < 4.78 is 3.06. The maximum absolute atomic E-state index is 12.3. The van der Waals surface area contributed by atoms with E-state index in [4.69, 9.17) is 0 Å². The number of halogens is 1. The molecule has 2 heterocycles. The van der Waals surface area contributed by atoms with E-state index in [0.29, 0.717) is 6.42 Å². The van der Waals surface area contributed by atoms with Crippen molar-refractivity contribution in [2.75, 3.05) is 0 Å². The molecular formula is C15H13BrN2OS. The number of hydrogen-bond donors (Lipinski definition) is 0. The monoisotopic (exact) mass is 348 g/mol. The second-order valence-electron chi connectivity index (χ2n) is 4.49. The number of imidazole rings is 1. The van der Waals surface area contributed by atoms with Gasteiger partial charge in [0.1, 0.15) is 5.82 Å². The van der Waals surface area contributed by atoms with Gasteiger partial charge in [-0.25, -0.2) is 4.98 Å². The highest BCUT2D eigenvalue weighted by Crippen LogP contribution is 2.22. The van der Waals surface area contributed by atoms with Crippen LogP contribution >= 0.6 is 27.3 Å². The van der Waals surface area contributed by atoms with Crippen LogP contribution < -0.4 is 0 Å². The van der Waals surface area contributed by atoms with Gasteiger partial charge in [-0.2, -0.15) is 0 Å². The van der Waals surface area contributed by atoms with E-state index < -0.39 is 0 Å². The molecule has 0 bridgehead atoms. The first-order valence-electron chi connectivity index (χ1n) is 6.40. The number of carbonyl (C=O) groups is 1. The molecule has 0 saturated carbocycles. The van der Waals surface area contributed by atoms with Crippen molar-refractivity contribution in [3.63, 3.8) is 0 Å². The number of carbonyl (C=O) groups excluding carboxylic acids is 1. The minimum atomic E-state index is 0.116. The first-order chi connectivity index (χ1) is 9.69. The van der Waals surface area contributed by atoms with Crippen LogP contribution in [0.25, 0.3) is 11.0 Å². The highest BCUT2D eigenvalue weighted by Gasteiger charge is 2.15. The second kappa shape index (κ2) is 5.50. The quantitative estimate of drug-likeness (QED) is 0.658. The number of ketones is 1. The predicted octanol–water partition coefficient (Wildman–Crippen LogP) is 4.31. The van der Waals surface area contributed by atoms with Crippen LogP contribution in [0, 0.1) is 0 Å². The molecule has 3 aromatic rings. The van der Waals surface area contributed by atoms with Gasteiger partial charge in [-0.05, 0) is 41.1 Å². The minimum absolute atomic E-state index is 0.116. The molecule has 0 atom stereocenters. The Morgan fingerprint density at radius 1 is 1.40 bits per heavy atom. The van der Waals surface area contributed by atoms with E-state index in [1.165, 1.54) is 11.3 Å². The summed E-state index contributed by atoms with van der Waals surface area (Å²) in [6.07, 6.45) is 0.343. The van der Waals surface area contributed by atoms with Gasteiger partial charge in [0.25, 0.3) is 0 Å². The van der Waals surface area contributed by atoms with Crippen LogP contribution in [0.1, 0.15) is 22.4 Å². The van der Waals surface area contributed by atoms with Gasteiger partial charge in [-0.15, -0.1) is 11.3 Å². The number of thiophene rings is 1. The number of fused-ring (bicyclic) bond motifs is 1. The molecule has 0 N–H and O–H groups in total. The third-order valence-corrected chi connectivity index (χ3v) is 4.94. The van der Waals surface area contributed by atoms with Gasteiger partial charge < -0.3 is 4.57 Å². The van der Waals surface area contributed by atoms with E-state index in [1.54, 1.807) is 0 Å². The Labute approximate surface area is 129 Å². The van der Waals surface area contributed by atoms with E-state index in [1.807, 2.05) is 35.7 Å². The molecule has 0 aliphatic heterocycles. The van der Waals surface area contributed by atoms with Gasteiger partial charge in [-0.3, -0.25) is 4.79 Å². The third-order valence-electron chi connectivity index (χ3n) is 3.21. The molecule has 0 amide bonds. The molecule has 20 heavy (non-hydrogen) atoms. The zero-order valence-electron chi connectivity index (χ0n) is 11.0. The fraction of sp³-hybridized carbons (Fsp3) is 0.200. The summed E-state index contributed by atoms with van der Waals surface area (Å²) in [6.45, 7) is 2.89. The van der Waals surface area contributed by atoms with Crippen molar-refractivity contribution in [1.82, 2.24) is 9.55 Å². The second-order valence-corrected chi connectivity index (χ2v) is 6.32. The number of benzene rings is 1. The van der Waals surface area contributed by atoms with Crippen LogP contribution in [0.15, 0.2) is 40.2 Å². The SMILES string of the molecule is CCn1c(CC(=O)c2cc(Br)cs2)nc2ccccc21. The summed E-state index contributed by atoms with van der Waals surface area (Å²) in [5.41, 5.74) is 2.04. The number of rotatable bonds is 4. The largest absolute Gasteiger partial charge is 0.328 e. The molecule has 0 saturated heterocycles. The van der Waals surface area contributed by atoms with Gasteiger partial charge in [0, 0.05) is 16.4 Å². The fourth-order valence-corrected chi connectivity index (χ4v) is 3.67. The average molecular weight is 349 g/mol. The summed E-state index contributed by atoms with van der Waals surface area (Å²) in [6, 6.07) is 9.86. The Bertz CT molecular complexity index is 775. The van der Waals surface area contributed by atoms with Crippen molar-refractivity contribution in [2.45, 2.75) is 19.9 Å². The van der Waals surface area contributed by atoms with Crippen LogP contribution in [0.5, 0.6) is 0 Å². The smallest absolute Gasteiger partial charge is 0.180 e. The van der Waals surface area contributed by atoms with E-state index in [0.717, 1.165) is 32.8 Å². The molecule has 3 rings (SSSR count). The van der Waals surface area contributed by atoms with Crippen molar-refractivity contribution in [3.05, 3.63) is 50.9 Å².